The smallest absolute Gasteiger partial charge is 0.342 e. The Balaban J connectivity index is 2.29. The van der Waals surface area contributed by atoms with Crippen LogP contribution in [0.1, 0.15) is 12.8 Å². The third-order valence-corrected chi connectivity index (χ3v) is 2.71. The molecule has 0 amide bonds. The van der Waals surface area contributed by atoms with Crippen LogP contribution in [0.25, 0.3) is 0 Å². The van der Waals surface area contributed by atoms with Crippen LogP contribution in [0.3, 0.4) is 0 Å². The van der Waals surface area contributed by atoms with Crippen molar-refractivity contribution in [1.82, 2.24) is 0 Å². The molecule has 0 aromatic heterocycles. The minimum absolute atomic E-state index is 0.0153. The van der Waals surface area contributed by atoms with Crippen LogP contribution in [0.15, 0.2) is 16.5 Å². The van der Waals surface area contributed by atoms with Gasteiger partial charge >= 0.3 is 9.24 Å². The maximum absolute atomic E-state index is 10.6. The minimum atomic E-state index is -3.84. The fraction of sp³-hybridized carbons (Fsp3) is 0.571. The van der Waals surface area contributed by atoms with E-state index in [1.807, 2.05) is 12.2 Å². The predicted molar refractivity (Wildman–Crippen MR) is 48.9 cm³/mol. The molecule has 13 heavy (non-hydrogen) atoms. The average Bonchev–Trinajstić information content (AvgIpc) is 2.03. The molecule has 2 heterocycles. The number of rotatable bonds is 1. The highest BCUT2D eigenvalue weighted by Gasteiger charge is 2.31. The van der Waals surface area contributed by atoms with Gasteiger partial charge in [0.25, 0.3) is 0 Å². The summed E-state index contributed by atoms with van der Waals surface area (Å²) in [6.45, 7) is 0. The van der Waals surface area contributed by atoms with Crippen LogP contribution in [0.2, 0.25) is 0 Å². The van der Waals surface area contributed by atoms with Gasteiger partial charge in [-0.15, -0.1) is 4.40 Å². The summed E-state index contributed by atoms with van der Waals surface area (Å²) in [6, 6.07) is 0. The van der Waals surface area contributed by atoms with E-state index in [1.165, 1.54) is 0 Å². The van der Waals surface area contributed by atoms with Crippen molar-refractivity contribution in [2.24, 2.45) is 10.3 Å². The Morgan fingerprint density at radius 3 is 2.62 bits per heavy atom. The molecule has 6 heteroatoms. The van der Waals surface area contributed by atoms with Crippen LogP contribution < -0.4 is 0 Å². The summed E-state index contributed by atoms with van der Waals surface area (Å²) in [5.74, 6) is 0.215. The Morgan fingerprint density at radius 2 is 2.23 bits per heavy atom. The number of nitrogens with zero attached hydrogens (tertiary/aromatic N) is 1. The maximum atomic E-state index is 10.6. The highest BCUT2D eigenvalue weighted by Crippen LogP contribution is 2.29. The lowest BCUT2D eigenvalue weighted by Crippen LogP contribution is -2.33. The van der Waals surface area contributed by atoms with E-state index in [0.717, 1.165) is 12.8 Å². The van der Waals surface area contributed by atoms with Crippen LogP contribution in [0, 0.1) is 5.92 Å². The molecule has 3 rings (SSSR count). The van der Waals surface area contributed by atoms with E-state index in [1.54, 1.807) is 0 Å². The summed E-state index contributed by atoms with van der Waals surface area (Å²) in [4.78, 5) is 0. The van der Waals surface area contributed by atoms with Gasteiger partial charge in [-0.25, -0.2) is 0 Å². The van der Waals surface area contributed by atoms with Gasteiger partial charge in [0.1, 0.15) is 6.10 Å². The van der Waals surface area contributed by atoms with E-state index in [-0.39, 0.29) is 17.9 Å². The first-order valence-electron chi connectivity index (χ1n) is 3.94. The van der Waals surface area contributed by atoms with Crippen LogP contribution in [-0.2, 0) is 14.0 Å². The fourth-order valence-corrected chi connectivity index (χ4v) is 2.13. The first-order valence-corrected chi connectivity index (χ1v) is 6.21. The maximum Gasteiger partial charge on any atom is 0.342 e. The Bertz CT molecular complexity index is 373. The zero-order valence-electron chi connectivity index (χ0n) is 6.68. The van der Waals surface area contributed by atoms with Gasteiger partial charge < -0.3 is 4.74 Å². The summed E-state index contributed by atoms with van der Waals surface area (Å²) >= 11 is 0. The fourth-order valence-electron chi connectivity index (χ4n) is 1.54. The second kappa shape index (κ2) is 2.99. The van der Waals surface area contributed by atoms with Crippen molar-refractivity contribution >= 4 is 25.8 Å². The van der Waals surface area contributed by atoms with Gasteiger partial charge in [0.2, 0.25) is 5.90 Å². The second-order valence-corrected chi connectivity index (χ2v) is 5.24. The molecule has 0 aromatic rings. The summed E-state index contributed by atoms with van der Waals surface area (Å²) in [5, 5.41) is 0. The Morgan fingerprint density at radius 1 is 1.46 bits per heavy atom. The van der Waals surface area contributed by atoms with Gasteiger partial charge in [0.15, 0.2) is 0 Å². The first-order chi connectivity index (χ1) is 6.04. The molecule has 2 bridgehead atoms. The van der Waals surface area contributed by atoms with Gasteiger partial charge in [-0.05, 0) is 18.9 Å². The monoisotopic (exact) mass is 221 g/mol. The lowest BCUT2D eigenvalue weighted by molar-refractivity contribution is 0.165. The average molecular weight is 222 g/mol. The van der Waals surface area contributed by atoms with Crippen molar-refractivity contribution in [1.29, 1.82) is 0 Å². The van der Waals surface area contributed by atoms with E-state index in [4.69, 9.17) is 15.4 Å². The Kier molecular flexibility index (Phi) is 2.08. The minimum Gasteiger partial charge on any atom is -0.472 e. The van der Waals surface area contributed by atoms with Crippen molar-refractivity contribution < 1.29 is 13.2 Å². The number of halogens is 1. The summed E-state index contributed by atoms with van der Waals surface area (Å²) in [5.41, 5.74) is 0. The molecular formula is C7H8ClNO3S. The van der Waals surface area contributed by atoms with Crippen LogP contribution in [0.5, 0.6) is 0 Å². The third-order valence-electron chi connectivity index (χ3n) is 2.11. The van der Waals surface area contributed by atoms with Gasteiger partial charge in [-0.1, -0.05) is 6.08 Å². The van der Waals surface area contributed by atoms with Crippen molar-refractivity contribution in [2.45, 2.75) is 18.9 Å². The largest absolute Gasteiger partial charge is 0.472 e. The Labute approximate surface area is 80.8 Å². The van der Waals surface area contributed by atoms with Crippen molar-refractivity contribution in [3.05, 3.63) is 12.2 Å². The van der Waals surface area contributed by atoms with E-state index >= 15 is 0 Å². The topological polar surface area (TPSA) is 55.7 Å². The molecule has 72 valence electrons. The zero-order valence-corrected chi connectivity index (χ0v) is 8.25. The standard InChI is InChI=1S/C7H8ClNO3S/c8-13(10,11)9-7-5-1-3-6(12-7)4-2-5/h1,3,5-6H,2,4H2. The van der Waals surface area contributed by atoms with E-state index in [2.05, 4.69) is 4.40 Å². The Hall–Kier alpha value is -0.550. The van der Waals surface area contributed by atoms with Gasteiger partial charge in [0.05, 0.1) is 5.92 Å². The number of hydrogen-bond donors (Lipinski definition) is 0. The second-order valence-electron chi connectivity index (χ2n) is 3.07. The van der Waals surface area contributed by atoms with E-state index in [0.29, 0.717) is 0 Å². The third kappa shape index (κ3) is 2.03. The SMILES string of the molecule is O=S(=O)(Cl)N=C1OC2C=CC1CC2. The van der Waals surface area contributed by atoms with Gasteiger partial charge in [0, 0.05) is 10.7 Å². The zero-order chi connectivity index (χ0) is 9.47. The summed E-state index contributed by atoms with van der Waals surface area (Å²) < 4.78 is 29.9. The predicted octanol–water partition coefficient (Wildman–Crippen LogP) is 1.23. The molecule has 0 radical (unpaired) electrons. The first kappa shape index (κ1) is 9.02. The molecule has 2 aliphatic heterocycles. The normalized spacial score (nSPS) is 35.0. The number of hydrogen-bond acceptors (Lipinski definition) is 3. The van der Waals surface area contributed by atoms with E-state index < -0.39 is 9.24 Å². The van der Waals surface area contributed by atoms with E-state index in [9.17, 15) is 8.42 Å². The van der Waals surface area contributed by atoms with Gasteiger partial charge in [-0.3, -0.25) is 0 Å². The summed E-state index contributed by atoms with van der Waals surface area (Å²) in [6.07, 6.45) is 5.61. The van der Waals surface area contributed by atoms with Crippen LogP contribution in [0.4, 0.5) is 0 Å². The molecule has 2 unspecified atom stereocenters. The lowest BCUT2D eigenvalue weighted by Gasteiger charge is -2.31. The number of ether oxygens (including phenoxy) is 1. The molecule has 1 aliphatic carbocycles. The van der Waals surface area contributed by atoms with Crippen molar-refractivity contribution in [3.63, 3.8) is 0 Å². The molecule has 4 nitrogen and oxygen atoms in total. The highest BCUT2D eigenvalue weighted by atomic mass is 35.7. The molecule has 0 aromatic carbocycles. The molecule has 3 aliphatic rings. The molecule has 1 fully saturated rings. The highest BCUT2D eigenvalue weighted by molar-refractivity contribution is 8.12. The van der Waals surface area contributed by atoms with Crippen LogP contribution in [-0.4, -0.2) is 20.4 Å². The van der Waals surface area contributed by atoms with Crippen molar-refractivity contribution in [3.8, 4) is 0 Å². The molecule has 0 saturated carbocycles. The quantitative estimate of drug-likeness (QED) is 0.494. The van der Waals surface area contributed by atoms with Gasteiger partial charge in [-0.2, -0.15) is 8.42 Å². The molecule has 0 N–H and O–H groups in total. The summed E-state index contributed by atoms with van der Waals surface area (Å²) in [7, 11) is 1.14. The molecule has 2 atom stereocenters. The molecule has 1 saturated heterocycles. The molecule has 0 spiro atoms. The van der Waals surface area contributed by atoms with Crippen LogP contribution >= 0.6 is 10.7 Å². The van der Waals surface area contributed by atoms with Crippen molar-refractivity contribution in [2.75, 3.05) is 0 Å². The lowest BCUT2D eigenvalue weighted by atomic mass is 9.91. The molecular weight excluding hydrogens is 214 g/mol. The number of fused-ring (bicyclic) bond motifs is 2.